The predicted molar refractivity (Wildman–Crippen MR) is 93.6 cm³/mol. The summed E-state index contributed by atoms with van der Waals surface area (Å²) in [5.41, 5.74) is 5.95. The van der Waals surface area contributed by atoms with Crippen LogP contribution < -0.4 is 0 Å². The highest BCUT2D eigenvalue weighted by Crippen LogP contribution is 2.32. The molecule has 4 rings (SSSR count). The lowest BCUT2D eigenvalue weighted by molar-refractivity contribution is 1.16. The minimum absolute atomic E-state index is 0.719. The molecule has 0 aliphatic carbocycles. The summed E-state index contributed by atoms with van der Waals surface area (Å²) in [6.07, 6.45) is 3.92. The van der Waals surface area contributed by atoms with Crippen molar-refractivity contribution in [3.63, 3.8) is 0 Å². The van der Waals surface area contributed by atoms with Crippen LogP contribution in [0.2, 0.25) is 5.02 Å². The molecule has 3 nitrogen and oxygen atoms in total. The summed E-state index contributed by atoms with van der Waals surface area (Å²) < 4.78 is 2.09. The lowest BCUT2D eigenvalue weighted by Crippen LogP contribution is -1.91. The summed E-state index contributed by atoms with van der Waals surface area (Å²) in [6, 6.07) is 17.9. The van der Waals surface area contributed by atoms with Gasteiger partial charge >= 0.3 is 0 Å². The quantitative estimate of drug-likeness (QED) is 0.519. The van der Waals surface area contributed by atoms with Crippen LogP contribution in [0.5, 0.6) is 0 Å². The van der Waals surface area contributed by atoms with Gasteiger partial charge in [0.05, 0.1) is 11.4 Å². The van der Waals surface area contributed by atoms with E-state index in [1.165, 1.54) is 0 Å². The van der Waals surface area contributed by atoms with Gasteiger partial charge in [-0.3, -0.25) is 9.38 Å². The second kappa shape index (κ2) is 5.52. The number of imidazole rings is 1. The largest absolute Gasteiger partial charge is 0.299 e. The zero-order chi connectivity index (χ0) is 15.8. The molecule has 0 atom stereocenters. The normalized spacial score (nSPS) is 11.0. The third-order valence-electron chi connectivity index (χ3n) is 3.83. The molecular formula is C19H14ClN3. The molecule has 0 bridgehead atoms. The van der Waals surface area contributed by atoms with Crippen LogP contribution in [0.25, 0.3) is 28.2 Å². The number of aryl methyl sites for hydroxylation is 1. The van der Waals surface area contributed by atoms with E-state index in [0.29, 0.717) is 0 Å². The smallest absolute Gasteiger partial charge is 0.137 e. The average Bonchev–Trinajstić information content (AvgIpc) is 2.96. The van der Waals surface area contributed by atoms with E-state index < -0.39 is 0 Å². The first-order chi connectivity index (χ1) is 11.2. The maximum Gasteiger partial charge on any atom is 0.137 e. The van der Waals surface area contributed by atoms with Crippen molar-refractivity contribution in [1.82, 2.24) is 14.4 Å². The van der Waals surface area contributed by atoms with Crippen molar-refractivity contribution in [2.24, 2.45) is 0 Å². The second-order valence-electron chi connectivity index (χ2n) is 5.43. The number of benzene rings is 1. The topological polar surface area (TPSA) is 30.2 Å². The van der Waals surface area contributed by atoms with Crippen LogP contribution in [0.1, 0.15) is 5.69 Å². The fraction of sp³-hybridized carbons (Fsp3) is 0.0526. The fourth-order valence-electron chi connectivity index (χ4n) is 2.69. The van der Waals surface area contributed by atoms with Gasteiger partial charge in [-0.15, -0.1) is 0 Å². The van der Waals surface area contributed by atoms with Crippen LogP contribution in [-0.2, 0) is 0 Å². The van der Waals surface area contributed by atoms with Crippen LogP contribution in [0.3, 0.4) is 0 Å². The number of aromatic nitrogens is 3. The first kappa shape index (κ1) is 14.0. The SMILES string of the molecule is Cc1ccc(-c2c(-c3ccc(Cl)cc3)nc3ccccn23)cn1. The van der Waals surface area contributed by atoms with Crippen molar-refractivity contribution < 1.29 is 0 Å². The van der Waals surface area contributed by atoms with Crippen molar-refractivity contribution in [2.45, 2.75) is 6.92 Å². The summed E-state index contributed by atoms with van der Waals surface area (Å²) in [7, 11) is 0. The Labute approximate surface area is 139 Å². The van der Waals surface area contributed by atoms with Gasteiger partial charge in [-0.2, -0.15) is 0 Å². The van der Waals surface area contributed by atoms with Crippen molar-refractivity contribution in [3.8, 4) is 22.5 Å². The summed E-state index contributed by atoms with van der Waals surface area (Å²) in [5.74, 6) is 0. The molecule has 23 heavy (non-hydrogen) atoms. The lowest BCUT2D eigenvalue weighted by Gasteiger charge is -2.06. The maximum absolute atomic E-state index is 6.02. The van der Waals surface area contributed by atoms with E-state index in [9.17, 15) is 0 Å². The molecule has 0 saturated carbocycles. The maximum atomic E-state index is 6.02. The molecule has 0 aliphatic heterocycles. The summed E-state index contributed by atoms with van der Waals surface area (Å²) in [6.45, 7) is 1.98. The van der Waals surface area contributed by atoms with E-state index in [2.05, 4.69) is 15.5 Å². The molecule has 3 aromatic heterocycles. The van der Waals surface area contributed by atoms with Crippen molar-refractivity contribution in [3.05, 3.63) is 77.7 Å². The highest BCUT2D eigenvalue weighted by atomic mass is 35.5. The van der Waals surface area contributed by atoms with Gasteiger partial charge in [0.1, 0.15) is 5.65 Å². The number of fused-ring (bicyclic) bond motifs is 1. The predicted octanol–water partition coefficient (Wildman–Crippen LogP) is 5.03. The van der Waals surface area contributed by atoms with Gasteiger partial charge in [-0.05, 0) is 43.3 Å². The highest BCUT2D eigenvalue weighted by Gasteiger charge is 2.15. The summed E-state index contributed by atoms with van der Waals surface area (Å²) in [4.78, 5) is 9.23. The molecule has 0 amide bonds. The summed E-state index contributed by atoms with van der Waals surface area (Å²) in [5, 5.41) is 0.719. The van der Waals surface area contributed by atoms with Gasteiger partial charge < -0.3 is 0 Å². The van der Waals surface area contributed by atoms with E-state index in [4.69, 9.17) is 16.6 Å². The van der Waals surface area contributed by atoms with Gasteiger partial charge in [-0.1, -0.05) is 29.8 Å². The van der Waals surface area contributed by atoms with E-state index in [-0.39, 0.29) is 0 Å². The minimum Gasteiger partial charge on any atom is -0.299 e. The Hall–Kier alpha value is -2.65. The molecule has 0 fully saturated rings. The molecule has 0 saturated heterocycles. The Morgan fingerprint density at radius 3 is 2.43 bits per heavy atom. The van der Waals surface area contributed by atoms with Crippen molar-refractivity contribution >= 4 is 17.2 Å². The highest BCUT2D eigenvalue weighted by molar-refractivity contribution is 6.30. The van der Waals surface area contributed by atoms with Crippen LogP contribution in [0.4, 0.5) is 0 Å². The number of rotatable bonds is 2. The minimum atomic E-state index is 0.719. The van der Waals surface area contributed by atoms with Crippen LogP contribution in [-0.4, -0.2) is 14.4 Å². The first-order valence-electron chi connectivity index (χ1n) is 7.38. The molecular weight excluding hydrogens is 306 g/mol. The second-order valence-corrected chi connectivity index (χ2v) is 5.87. The van der Waals surface area contributed by atoms with Crippen molar-refractivity contribution in [2.75, 3.05) is 0 Å². The monoisotopic (exact) mass is 319 g/mol. The third-order valence-corrected chi connectivity index (χ3v) is 4.08. The lowest BCUT2D eigenvalue weighted by atomic mass is 10.1. The van der Waals surface area contributed by atoms with E-state index in [1.807, 2.05) is 67.8 Å². The Balaban J connectivity index is 2.01. The number of pyridine rings is 2. The van der Waals surface area contributed by atoms with Gasteiger partial charge in [0.2, 0.25) is 0 Å². The number of hydrogen-bond acceptors (Lipinski definition) is 2. The molecule has 4 heteroatoms. The molecule has 0 aliphatic rings. The fourth-order valence-corrected chi connectivity index (χ4v) is 2.81. The number of halogens is 1. The van der Waals surface area contributed by atoms with E-state index >= 15 is 0 Å². The first-order valence-corrected chi connectivity index (χ1v) is 7.76. The van der Waals surface area contributed by atoms with Gasteiger partial charge in [0.25, 0.3) is 0 Å². The standard InChI is InChI=1S/C19H14ClN3/c1-13-5-6-15(12-21-13)19-18(14-7-9-16(20)10-8-14)22-17-4-2-3-11-23(17)19/h2-12H,1H3. The zero-order valence-electron chi connectivity index (χ0n) is 12.6. The molecule has 0 unspecified atom stereocenters. The van der Waals surface area contributed by atoms with Crippen LogP contribution in [0, 0.1) is 6.92 Å². The Bertz CT molecular complexity index is 970. The van der Waals surface area contributed by atoms with Crippen LogP contribution in [0.15, 0.2) is 67.0 Å². The molecule has 3 heterocycles. The van der Waals surface area contributed by atoms with Crippen LogP contribution >= 0.6 is 11.6 Å². The number of nitrogens with zero attached hydrogens (tertiary/aromatic N) is 3. The average molecular weight is 320 g/mol. The van der Waals surface area contributed by atoms with Crippen molar-refractivity contribution in [1.29, 1.82) is 0 Å². The Morgan fingerprint density at radius 2 is 1.70 bits per heavy atom. The van der Waals surface area contributed by atoms with Gasteiger partial charge in [0, 0.05) is 34.2 Å². The molecule has 1 aromatic carbocycles. The zero-order valence-corrected chi connectivity index (χ0v) is 13.3. The molecule has 0 radical (unpaired) electrons. The van der Waals surface area contributed by atoms with Gasteiger partial charge in [0.15, 0.2) is 0 Å². The van der Waals surface area contributed by atoms with E-state index in [0.717, 1.165) is 38.9 Å². The molecule has 0 spiro atoms. The Morgan fingerprint density at radius 1 is 0.913 bits per heavy atom. The summed E-state index contributed by atoms with van der Waals surface area (Å²) >= 11 is 6.02. The number of hydrogen-bond donors (Lipinski definition) is 0. The molecule has 0 N–H and O–H groups in total. The molecule has 4 aromatic rings. The molecule has 112 valence electrons. The third kappa shape index (κ3) is 2.49. The van der Waals surface area contributed by atoms with E-state index in [1.54, 1.807) is 0 Å². The van der Waals surface area contributed by atoms with Gasteiger partial charge in [-0.25, -0.2) is 4.98 Å². The Kier molecular flexibility index (Phi) is 3.36.